The molecule has 5 rings (SSSR count). The maximum Gasteiger partial charge on any atom is 0.256 e. The number of benzene rings is 2. The molecule has 3 heterocycles. The number of sulfonamides is 1. The molecular weight excluding hydrogens is 466 g/mol. The number of piperidine rings is 1. The summed E-state index contributed by atoms with van der Waals surface area (Å²) in [6.07, 6.45) is 1.80. The lowest BCUT2D eigenvalue weighted by molar-refractivity contribution is 0.0704. The van der Waals surface area contributed by atoms with Crippen LogP contribution < -0.4 is 4.90 Å². The van der Waals surface area contributed by atoms with Crippen LogP contribution in [0.15, 0.2) is 47.4 Å². The maximum atomic E-state index is 13.9. The van der Waals surface area contributed by atoms with Crippen molar-refractivity contribution in [3.63, 3.8) is 0 Å². The number of nitrogens with one attached hydrogen (secondary N) is 1. The van der Waals surface area contributed by atoms with Gasteiger partial charge in [-0.15, -0.1) is 0 Å². The Labute approximate surface area is 205 Å². The Bertz CT molecular complexity index is 1300. The number of morpholine rings is 1. The van der Waals surface area contributed by atoms with Gasteiger partial charge in [-0.3, -0.25) is 4.79 Å². The standard InChI is InChI=1S/C25H31N5O4S/c1-28(2)35(32,33)19-9-10-23(29-12-14-34-15-13-29)20(16-19)25(31)30-11-5-6-18(17-30)24-26-21-7-3-4-8-22(21)27-24/h3-4,7-10,16,18H,5-6,11-15,17H2,1-2H3,(H,26,27). The first kappa shape index (κ1) is 23.8. The van der Waals surface area contributed by atoms with Crippen LogP contribution in [-0.4, -0.2) is 87.0 Å². The Morgan fingerprint density at radius 1 is 1.11 bits per heavy atom. The molecule has 2 aromatic carbocycles. The van der Waals surface area contributed by atoms with Crippen LogP contribution in [0.3, 0.4) is 0 Å². The number of hydrogen-bond donors (Lipinski definition) is 1. The highest BCUT2D eigenvalue weighted by Crippen LogP contribution is 2.31. The zero-order valence-corrected chi connectivity index (χ0v) is 20.9. The third-order valence-corrected chi connectivity index (χ3v) is 8.64. The summed E-state index contributed by atoms with van der Waals surface area (Å²) >= 11 is 0. The number of rotatable bonds is 5. The lowest BCUT2D eigenvalue weighted by Crippen LogP contribution is -2.41. The van der Waals surface area contributed by atoms with Crippen molar-refractivity contribution >= 4 is 32.7 Å². The summed E-state index contributed by atoms with van der Waals surface area (Å²) in [6, 6.07) is 12.8. The average Bonchev–Trinajstić information content (AvgIpc) is 3.33. The molecular formula is C25H31N5O4S. The Kier molecular flexibility index (Phi) is 6.52. The zero-order valence-electron chi connectivity index (χ0n) is 20.1. The highest BCUT2D eigenvalue weighted by Gasteiger charge is 2.31. The molecule has 0 saturated carbocycles. The molecule has 1 N–H and O–H groups in total. The summed E-state index contributed by atoms with van der Waals surface area (Å²) in [6.45, 7) is 3.62. The molecule has 0 aliphatic carbocycles. The number of para-hydroxylation sites is 2. The van der Waals surface area contributed by atoms with Crippen LogP contribution in [0, 0.1) is 0 Å². The topological polar surface area (TPSA) is 98.8 Å². The molecule has 186 valence electrons. The summed E-state index contributed by atoms with van der Waals surface area (Å²) in [7, 11) is -0.685. The van der Waals surface area contributed by atoms with Gasteiger partial charge in [0, 0.05) is 51.9 Å². The van der Waals surface area contributed by atoms with E-state index in [9.17, 15) is 13.2 Å². The van der Waals surface area contributed by atoms with E-state index in [1.165, 1.54) is 24.5 Å². The molecule has 2 aliphatic rings. The first-order chi connectivity index (χ1) is 16.8. The van der Waals surface area contributed by atoms with Gasteiger partial charge in [-0.05, 0) is 43.2 Å². The first-order valence-corrected chi connectivity index (χ1v) is 13.4. The van der Waals surface area contributed by atoms with Crippen molar-refractivity contribution in [1.29, 1.82) is 0 Å². The van der Waals surface area contributed by atoms with Gasteiger partial charge in [0.2, 0.25) is 10.0 Å². The van der Waals surface area contributed by atoms with Gasteiger partial charge < -0.3 is 19.5 Å². The quantitative estimate of drug-likeness (QED) is 0.582. The SMILES string of the molecule is CN(C)S(=O)(=O)c1ccc(N2CCOCC2)c(C(=O)N2CCCC(c3nc4ccccc4[nH]3)C2)c1. The molecule has 2 fully saturated rings. The molecule has 10 heteroatoms. The third-order valence-electron chi connectivity index (χ3n) is 6.83. The highest BCUT2D eigenvalue weighted by molar-refractivity contribution is 7.89. The second-order valence-electron chi connectivity index (χ2n) is 9.30. The Balaban J connectivity index is 1.47. The van der Waals surface area contributed by atoms with E-state index in [-0.39, 0.29) is 16.7 Å². The minimum Gasteiger partial charge on any atom is -0.378 e. The smallest absolute Gasteiger partial charge is 0.256 e. The normalized spacial score (nSPS) is 19.5. The van der Waals surface area contributed by atoms with Crippen molar-refractivity contribution in [3.8, 4) is 0 Å². The van der Waals surface area contributed by atoms with Crippen molar-refractivity contribution in [2.75, 3.05) is 58.4 Å². The minimum absolute atomic E-state index is 0.0978. The summed E-state index contributed by atoms with van der Waals surface area (Å²) in [5.74, 6) is 0.838. The molecule has 0 bridgehead atoms. The molecule has 1 atom stereocenters. The maximum absolute atomic E-state index is 13.9. The first-order valence-electron chi connectivity index (χ1n) is 12.0. The van der Waals surface area contributed by atoms with Gasteiger partial charge in [-0.25, -0.2) is 17.7 Å². The predicted octanol–water partition coefficient (Wildman–Crippen LogP) is 2.67. The molecule has 9 nitrogen and oxygen atoms in total. The number of nitrogens with zero attached hydrogens (tertiary/aromatic N) is 4. The van der Waals surface area contributed by atoms with Gasteiger partial charge in [0.05, 0.1) is 34.7 Å². The summed E-state index contributed by atoms with van der Waals surface area (Å²) in [5.41, 5.74) is 3.08. The molecule has 2 aliphatic heterocycles. The predicted molar refractivity (Wildman–Crippen MR) is 134 cm³/mol. The molecule has 2 saturated heterocycles. The van der Waals surface area contributed by atoms with E-state index >= 15 is 0 Å². The largest absolute Gasteiger partial charge is 0.378 e. The van der Waals surface area contributed by atoms with E-state index in [1.54, 1.807) is 12.1 Å². The van der Waals surface area contributed by atoms with E-state index in [2.05, 4.69) is 9.88 Å². The molecule has 1 amide bonds. The van der Waals surface area contributed by atoms with Gasteiger partial charge in [-0.1, -0.05) is 12.1 Å². The molecule has 1 aromatic heterocycles. The van der Waals surface area contributed by atoms with Gasteiger partial charge in [0.15, 0.2) is 0 Å². The van der Waals surface area contributed by atoms with Gasteiger partial charge in [-0.2, -0.15) is 0 Å². The van der Waals surface area contributed by atoms with E-state index < -0.39 is 10.0 Å². The number of carbonyl (C=O) groups excluding carboxylic acids is 1. The number of ether oxygens (including phenoxy) is 1. The molecule has 0 radical (unpaired) electrons. The van der Waals surface area contributed by atoms with Crippen molar-refractivity contribution in [2.24, 2.45) is 0 Å². The number of hydrogen-bond acceptors (Lipinski definition) is 6. The van der Waals surface area contributed by atoms with Crippen LogP contribution >= 0.6 is 0 Å². The van der Waals surface area contributed by atoms with Crippen LogP contribution in [0.5, 0.6) is 0 Å². The third kappa shape index (κ3) is 4.65. The van der Waals surface area contributed by atoms with Crippen molar-refractivity contribution < 1.29 is 17.9 Å². The number of likely N-dealkylation sites (tertiary alicyclic amines) is 1. The number of fused-ring (bicyclic) bond motifs is 1. The molecule has 3 aromatic rings. The van der Waals surface area contributed by atoms with Crippen LogP contribution in [0.25, 0.3) is 11.0 Å². The average molecular weight is 498 g/mol. The lowest BCUT2D eigenvalue weighted by atomic mass is 9.96. The number of carbonyl (C=O) groups is 1. The van der Waals surface area contributed by atoms with Crippen LogP contribution in [-0.2, 0) is 14.8 Å². The summed E-state index contributed by atoms with van der Waals surface area (Å²) < 4.78 is 32.4. The molecule has 35 heavy (non-hydrogen) atoms. The fourth-order valence-electron chi connectivity index (χ4n) is 4.86. The lowest BCUT2D eigenvalue weighted by Gasteiger charge is -2.35. The van der Waals surface area contributed by atoms with Gasteiger partial charge in [0.25, 0.3) is 5.91 Å². The second-order valence-corrected chi connectivity index (χ2v) is 11.4. The second kappa shape index (κ2) is 9.60. The number of imidazole rings is 1. The number of aromatic nitrogens is 2. The van der Waals surface area contributed by atoms with Crippen LogP contribution in [0.1, 0.15) is 34.9 Å². The monoisotopic (exact) mass is 497 g/mol. The highest BCUT2D eigenvalue weighted by atomic mass is 32.2. The van der Waals surface area contributed by atoms with Crippen LogP contribution in [0.4, 0.5) is 5.69 Å². The minimum atomic E-state index is -3.68. The molecule has 1 unspecified atom stereocenters. The Morgan fingerprint density at radius 2 is 1.89 bits per heavy atom. The van der Waals surface area contributed by atoms with Crippen LogP contribution in [0.2, 0.25) is 0 Å². The van der Waals surface area contributed by atoms with Crippen molar-refractivity contribution in [3.05, 3.63) is 53.9 Å². The van der Waals surface area contributed by atoms with Crippen molar-refractivity contribution in [1.82, 2.24) is 19.2 Å². The van der Waals surface area contributed by atoms with E-state index in [4.69, 9.17) is 9.72 Å². The Morgan fingerprint density at radius 3 is 2.63 bits per heavy atom. The van der Waals surface area contributed by atoms with E-state index in [0.29, 0.717) is 45.0 Å². The van der Waals surface area contributed by atoms with E-state index in [0.717, 1.165) is 35.4 Å². The van der Waals surface area contributed by atoms with E-state index in [1.807, 2.05) is 29.2 Å². The number of aromatic amines is 1. The van der Waals surface area contributed by atoms with Gasteiger partial charge >= 0.3 is 0 Å². The number of H-pyrrole nitrogens is 1. The summed E-state index contributed by atoms with van der Waals surface area (Å²) in [4.78, 5) is 26.1. The summed E-state index contributed by atoms with van der Waals surface area (Å²) in [5, 5.41) is 0. The zero-order chi connectivity index (χ0) is 24.6. The number of anilines is 1. The fraction of sp³-hybridized carbons (Fsp3) is 0.440. The van der Waals surface area contributed by atoms with Crippen molar-refractivity contribution in [2.45, 2.75) is 23.7 Å². The molecule has 0 spiro atoms. The fourth-order valence-corrected chi connectivity index (χ4v) is 5.79. The number of amides is 1. The Hall–Kier alpha value is -2.95. The van der Waals surface area contributed by atoms with Gasteiger partial charge in [0.1, 0.15) is 5.82 Å².